The molecule has 0 radical (unpaired) electrons. The lowest BCUT2D eigenvalue weighted by atomic mass is 10.2. The Morgan fingerprint density at radius 1 is 1.29 bits per heavy atom. The Balaban J connectivity index is 4.53. The number of esters is 1. The van der Waals surface area contributed by atoms with Crippen LogP contribution in [0.25, 0.3) is 0 Å². The molecule has 0 aromatic carbocycles. The fourth-order valence-electron chi connectivity index (χ4n) is 1.41. The van der Waals surface area contributed by atoms with Gasteiger partial charge in [-0.15, -0.1) is 0 Å². The summed E-state index contributed by atoms with van der Waals surface area (Å²) in [6.45, 7) is 13.8. The van der Waals surface area contributed by atoms with Crippen molar-refractivity contribution in [1.82, 2.24) is 0 Å². The van der Waals surface area contributed by atoms with Gasteiger partial charge in [0, 0.05) is 6.42 Å². The predicted molar refractivity (Wildman–Crippen MR) is 83.1 cm³/mol. The molecule has 0 spiro atoms. The third-order valence-electron chi connectivity index (χ3n) is 3.64. The van der Waals surface area contributed by atoms with Gasteiger partial charge in [0.2, 0.25) is 0 Å². The predicted octanol–water partition coefficient (Wildman–Crippen LogP) is 4.54. The lowest BCUT2D eigenvalue weighted by Crippen LogP contribution is -2.42. The van der Waals surface area contributed by atoms with Gasteiger partial charge in [0.1, 0.15) is 0 Å². The molecule has 6 heteroatoms. The molecule has 0 aliphatic heterocycles. The minimum Gasteiger partial charge on any atom is -0.462 e. The van der Waals surface area contributed by atoms with Crippen molar-refractivity contribution >= 4 is 14.3 Å². The molecule has 3 nitrogen and oxygen atoms in total. The lowest BCUT2D eigenvalue weighted by molar-refractivity contribution is -0.170. The van der Waals surface area contributed by atoms with Crippen LogP contribution in [0.5, 0.6) is 0 Å². The molecule has 0 aromatic rings. The second-order valence-corrected chi connectivity index (χ2v) is 11.4. The third kappa shape index (κ3) is 6.69. The first-order valence-electron chi connectivity index (χ1n) is 7.23. The van der Waals surface area contributed by atoms with E-state index in [-0.39, 0.29) is 17.7 Å². The zero-order chi connectivity index (χ0) is 16.9. The van der Waals surface area contributed by atoms with Gasteiger partial charge >= 0.3 is 11.9 Å². The molecule has 1 atom stereocenters. The van der Waals surface area contributed by atoms with E-state index in [1.807, 2.05) is 6.92 Å². The van der Waals surface area contributed by atoms with E-state index in [9.17, 15) is 13.6 Å². The molecule has 0 aliphatic rings. The minimum atomic E-state index is -3.48. The molecule has 1 unspecified atom stereocenters. The Hall–Kier alpha value is -0.753. The molecule has 0 N–H and O–H groups in total. The summed E-state index contributed by atoms with van der Waals surface area (Å²) in [5.74, 6) is -4.96. The molecule has 0 saturated heterocycles. The lowest BCUT2D eigenvalue weighted by Gasteiger charge is -2.37. The number of rotatable bonds is 7. The second-order valence-electron chi connectivity index (χ2n) is 6.64. The van der Waals surface area contributed by atoms with Gasteiger partial charge in [-0.2, -0.15) is 8.78 Å². The Morgan fingerprint density at radius 3 is 2.24 bits per heavy atom. The van der Waals surface area contributed by atoms with Gasteiger partial charge in [-0.25, -0.2) is 4.79 Å². The maximum Gasteiger partial charge on any atom is 0.377 e. The van der Waals surface area contributed by atoms with E-state index in [4.69, 9.17) is 4.43 Å². The van der Waals surface area contributed by atoms with Crippen molar-refractivity contribution in [1.29, 1.82) is 0 Å². The van der Waals surface area contributed by atoms with Gasteiger partial charge in [0.05, 0.1) is 12.7 Å². The van der Waals surface area contributed by atoms with Crippen molar-refractivity contribution in [3.8, 4) is 0 Å². The number of carbonyl (C=O) groups excluding carboxylic acids is 1. The highest BCUT2D eigenvalue weighted by molar-refractivity contribution is 6.74. The van der Waals surface area contributed by atoms with Crippen molar-refractivity contribution < 1.29 is 22.7 Å². The van der Waals surface area contributed by atoms with Crippen LogP contribution in [0, 0.1) is 0 Å². The number of carbonyl (C=O) groups is 1. The standard InChI is InChI=1S/C15H28F2O3Si/c1-8-19-13(18)15(16,17)11-9-10-12(2)20-21(6,7)14(3,4)5/h9-10,12H,8,11H2,1-7H3/b10-9+. The fraction of sp³-hybridized carbons (Fsp3) is 0.800. The first-order valence-corrected chi connectivity index (χ1v) is 10.1. The highest BCUT2D eigenvalue weighted by Gasteiger charge is 2.40. The summed E-state index contributed by atoms with van der Waals surface area (Å²) in [6, 6.07) is 0. The van der Waals surface area contributed by atoms with Crippen LogP contribution in [0.15, 0.2) is 12.2 Å². The summed E-state index contributed by atoms with van der Waals surface area (Å²) in [4.78, 5) is 11.1. The number of ether oxygens (including phenoxy) is 1. The van der Waals surface area contributed by atoms with Crippen LogP contribution in [0.3, 0.4) is 0 Å². The zero-order valence-electron chi connectivity index (χ0n) is 14.1. The highest BCUT2D eigenvalue weighted by atomic mass is 28.4. The van der Waals surface area contributed by atoms with Gasteiger partial charge in [0.25, 0.3) is 0 Å². The summed E-state index contributed by atoms with van der Waals surface area (Å²) in [7, 11) is -1.93. The average Bonchev–Trinajstić information content (AvgIpc) is 2.26. The summed E-state index contributed by atoms with van der Waals surface area (Å²) >= 11 is 0. The first kappa shape index (κ1) is 20.2. The number of allylic oxidation sites excluding steroid dienone is 1. The van der Waals surface area contributed by atoms with Gasteiger partial charge in [-0.1, -0.05) is 32.9 Å². The van der Waals surface area contributed by atoms with Crippen LogP contribution < -0.4 is 0 Å². The monoisotopic (exact) mass is 322 g/mol. The number of hydrogen-bond donors (Lipinski definition) is 0. The topological polar surface area (TPSA) is 35.5 Å². The molecule has 0 aliphatic carbocycles. The van der Waals surface area contributed by atoms with E-state index in [0.717, 1.165) is 0 Å². The smallest absolute Gasteiger partial charge is 0.377 e. The van der Waals surface area contributed by atoms with Gasteiger partial charge in [-0.05, 0) is 32.0 Å². The third-order valence-corrected chi connectivity index (χ3v) is 8.22. The van der Waals surface area contributed by atoms with E-state index in [0.29, 0.717) is 0 Å². The van der Waals surface area contributed by atoms with E-state index < -0.39 is 26.6 Å². The molecule has 0 aromatic heterocycles. The summed E-state index contributed by atoms with van der Waals surface area (Å²) < 4.78 is 37.2. The highest BCUT2D eigenvalue weighted by Crippen LogP contribution is 2.37. The Kier molecular flexibility index (Phi) is 7.22. The van der Waals surface area contributed by atoms with Crippen LogP contribution in [0.2, 0.25) is 18.1 Å². The molecule has 0 fully saturated rings. The van der Waals surface area contributed by atoms with Crippen molar-refractivity contribution in [2.75, 3.05) is 6.61 Å². The maximum atomic E-state index is 13.4. The summed E-state index contributed by atoms with van der Waals surface area (Å²) in [5.41, 5.74) is 0. The van der Waals surface area contributed by atoms with Crippen molar-refractivity contribution in [3.63, 3.8) is 0 Å². The largest absolute Gasteiger partial charge is 0.462 e. The van der Waals surface area contributed by atoms with Crippen LogP contribution in [-0.2, 0) is 14.0 Å². The van der Waals surface area contributed by atoms with Gasteiger partial charge in [-0.3, -0.25) is 0 Å². The van der Waals surface area contributed by atoms with E-state index in [2.05, 4.69) is 38.6 Å². The quantitative estimate of drug-likeness (QED) is 0.392. The molecule has 0 bridgehead atoms. The van der Waals surface area contributed by atoms with E-state index in [1.165, 1.54) is 13.0 Å². The Labute approximate surface area is 127 Å². The molecule has 0 amide bonds. The zero-order valence-corrected chi connectivity index (χ0v) is 15.1. The molecule has 0 heterocycles. The SMILES string of the molecule is CCOC(=O)C(F)(F)C/C=C/C(C)O[Si](C)(C)C(C)(C)C. The van der Waals surface area contributed by atoms with Gasteiger partial charge in [0.15, 0.2) is 8.32 Å². The Morgan fingerprint density at radius 2 is 1.81 bits per heavy atom. The molecule has 0 saturated carbocycles. The van der Waals surface area contributed by atoms with E-state index >= 15 is 0 Å². The first-order chi connectivity index (χ1) is 9.33. The van der Waals surface area contributed by atoms with Crippen molar-refractivity contribution in [2.45, 2.75) is 71.2 Å². The summed E-state index contributed by atoms with van der Waals surface area (Å²) in [5, 5.41) is 0.0595. The van der Waals surface area contributed by atoms with E-state index in [1.54, 1.807) is 6.08 Å². The van der Waals surface area contributed by atoms with Crippen LogP contribution in [0.4, 0.5) is 8.78 Å². The molecular weight excluding hydrogens is 294 g/mol. The number of hydrogen-bond acceptors (Lipinski definition) is 3. The van der Waals surface area contributed by atoms with Crippen LogP contribution >= 0.6 is 0 Å². The van der Waals surface area contributed by atoms with Crippen molar-refractivity contribution in [3.05, 3.63) is 12.2 Å². The van der Waals surface area contributed by atoms with Crippen LogP contribution in [-0.4, -0.2) is 32.9 Å². The van der Waals surface area contributed by atoms with Crippen molar-refractivity contribution in [2.24, 2.45) is 0 Å². The van der Waals surface area contributed by atoms with Gasteiger partial charge < -0.3 is 9.16 Å². The molecule has 21 heavy (non-hydrogen) atoms. The Bertz CT molecular complexity index is 374. The fourth-order valence-corrected chi connectivity index (χ4v) is 2.77. The maximum absolute atomic E-state index is 13.4. The molecular formula is C15H28F2O3Si. The average molecular weight is 322 g/mol. The normalized spacial score (nSPS) is 15.3. The summed E-state index contributed by atoms with van der Waals surface area (Å²) in [6.07, 6.45) is 1.93. The molecule has 0 rings (SSSR count). The second kappa shape index (κ2) is 7.49. The molecule has 124 valence electrons. The number of halogens is 2. The number of alkyl halides is 2. The van der Waals surface area contributed by atoms with Crippen LogP contribution in [0.1, 0.15) is 41.0 Å². The minimum absolute atomic E-state index is 0.0526.